The summed E-state index contributed by atoms with van der Waals surface area (Å²) < 4.78 is 0. The van der Waals surface area contributed by atoms with E-state index in [1.807, 2.05) is 30.3 Å². The molecule has 1 heterocycles. The van der Waals surface area contributed by atoms with Crippen LogP contribution in [-0.2, 0) is 11.3 Å². The summed E-state index contributed by atoms with van der Waals surface area (Å²) >= 11 is 11.4. The van der Waals surface area contributed by atoms with Crippen LogP contribution in [0.2, 0.25) is 5.02 Å². The van der Waals surface area contributed by atoms with Gasteiger partial charge in [-0.2, -0.15) is 0 Å². The number of benzene rings is 2. The summed E-state index contributed by atoms with van der Waals surface area (Å²) in [5, 5.41) is 6.84. The van der Waals surface area contributed by atoms with Crippen LogP contribution in [0.15, 0.2) is 48.5 Å². The molecule has 3 rings (SSSR count). The smallest absolute Gasteiger partial charge is 0.225 e. The Morgan fingerprint density at radius 2 is 1.75 bits per heavy atom. The molecule has 0 aliphatic carbocycles. The molecule has 0 bridgehead atoms. The van der Waals surface area contributed by atoms with Gasteiger partial charge in [0.25, 0.3) is 0 Å². The summed E-state index contributed by atoms with van der Waals surface area (Å²) in [5.74, 6) is -0.0937. The molecule has 1 aliphatic heterocycles. The lowest BCUT2D eigenvalue weighted by atomic mass is 10.2. The molecule has 2 aromatic carbocycles. The third-order valence-corrected chi connectivity index (χ3v) is 5.36. The predicted octanol–water partition coefficient (Wildman–Crippen LogP) is 3.89. The number of hydrogen-bond donors (Lipinski definition) is 2. The van der Waals surface area contributed by atoms with Gasteiger partial charge in [0.1, 0.15) is 0 Å². The van der Waals surface area contributed by atoms with Gasteiger partial charge in [0.2, 0.25) is 5.91 Å². The Labute approximate surface area is 176 Å². The summed E-state index contributed by atoms with van der Waals surface area (Å²) in [5.41, 5.74) is 3.23. The first-order valence-corrected chi connectivity index (χ1v) is 10.3. The van der Waals surface area contributed by atoms with Crippen molar-refractivity contribution in [3.8, 4) is 0 Å². The number of amides is 1. The molecule has 2 N–H and O–H groups in total. The third-order valence-electron chi connectivity index (χ3n) is 4.79. The normalized spacial score (nSPS) is 14.6. The van der Waals surface area contributed by atoms with Gasteiger partial charge in [-0.3, -0.25) is 9.69 Å². The molecule has 28 heavy (non-hydrogen) atoms. The van der Waals surface area contributed by atoms with Crippen LogP contribution in [0.5, 0.6) is 0 Å². The summed E-state index contributed by atoms with van der Waals surface area (Å²) in [4.78, 5) is 16.2. The van der Waals surface area contributed by atoms with Crippen LogP contribution in [0.4, 0.5) is 11.4 Å². The molecule has 5 nitrogen and oxygen atoms in total. The molecule has 0 radical (unpaired) electrons. The first-order chi connectivity index (χ1) is 13.5. The fourth-order valence-electron chi connectivity index (χ4n) is 3.16. The fourth-order valence-corrected chi connectivity index (χ4v) is 3.59. The minimum Gasteiger partial charge on any atom is -0.369 e. The van der Waals surface area contributed by atoms with Gasteiger partial charge in [0.05, 0.1) is 0 Å². The molecule has 0 aromatic heterocycles. The largest absolute Gasteiger partial charge is 0.369 e. The van der Waals surface area contributed by atoms with E-state index in [0.717, 1.165) is 43.4 Å². The molecule has 148 valence electrons. The quantitative estimate of drug-likeness (QED) is 0.724. The van der Waals surface area contributed by atoms with Gasteiger partial charge in [0, 0.05) is 55.5 Å². The van der Waals surface area contributed by atoms with Gasteiger partial charge < -0.3 is 15.5 Å². The standard InChI is InChI=1S/C21H25ClN4OS/c1-2-20(27)24-21(28)23-17-7-9-18(10-8-17)26-13-11-25(12-14-26)15-16-5-3-4-6-19(16)22/h3-10H,2,11-15H2,1H3,(H2,23,24,27,28). The summed E-state index contributed by atoms with van der Waals surface area (Å²) in [6.07, 6.45) is 0.406. The van der Waals surface area contributed by atoms with Crippen LogP contribution >= 0.6 is 23.8 Å². The van der Waals surface area contributed by atoms with Gasteiger partial charge in [-0.15, -0.1) is 0 Å². The van der Waals surface area contributed by atoms with Gasteiger partial charge in [-0.1, -0.05) is 36.7 Å². The van der Waals surface area contributed by atoms with E-state index in [1.165, 1.54) is 11.3 Å². The van der Waals surface area contributed by atoms with Crippen molar-refractivity contribution in [1.29, 1.82) is 0 Å². The molecule has 0 spiro atoms. The van der Waals surface area contributed by atoms with Crippen molar-refractivity contribution in [3.05, 3.63) is 59.1 Å². The van der Waals surface area contributed by atoms with Crippen LogP contribution in [0.25, 0.3) is 0 Å². The van der Waals surface area contributed by atoms with Crippen molar-refractivity contribution in [1.82, 2.24) is 10.2 Å². The highest BCUT2D eigenvalue weighted by Gasteiger charge is 2.18. The highest BCUT2D eigenvalue weighted by atomic mass is 35.5. The number of carbonyl (C=O) groups excluding carboxylic acids is 1. The van der Waals surface area contributed by atoms with Crippen molar-refractivity contribution in [2.45, 2.75) is 19.9 Å². The molecule has 1 fully saturated rings. The van der Waals surface area contributed by atoms with Crippen molar-refractivity contribution in [3.63, 3.8) is 0 Å². The molecule has 0 saturated carbocycles. The van der Waals surface area contributed by atoms with Crippen LogP contribution < -0.4 is 15.5 Å². The number of nitrogens with one attached hydrogen (secondary N) is 2. The topological polar surface area (TPSA) is 47.6 Å². The fraction of sp³-hybridized carbons (Fsp3) is 0.333. The van der Waals surface area contributed by atoms with Crippen molar-refractivity contribution >= 4 is 46.2 Å². The Morgan fingerprint density at radius 1 is 1.07 bits per heavy atom. The molecule has 1 aliphatic rings. The zero-order chi connectivity index (χ0) is 19.9. The number of hydrogen-bond acceptors (Lipinski definition) is 4. The molecule has 1 amide bonds. The van der Waals surface area contributed by atoms with Gasteiger partial charge >= 0.3 is 0 Å². The Balaban J connectivity index is 1.50. The van der Waals surface area contributed by atoms with Crippen molar-refractivity contribution in [2.75, 3.05) is 36.4 Å². The second-order valence-electron chi connectivity index (χ2n) is 6.76. The van der Waals surface area contributed by atoms with E-state index in [4.69, 9.17) is 23.8 Å². The SMILES string of the molecule is CCC(=O)NC(=S)Nc1ccc(N2CCN(Cc3ccccc3Cl)CC2)cc1. The minimum atomic E-state index is -0.0937. The van der Waals surface area contributed by atoms with Crippen LogP contribution in [0, 0.1) is 0 Å². The average molecular weight is 417 g/mol. The van der Waals surface area contributed by atoms with E-state index in [2.05, 4.69) is 38.6 Å². The number of carbonyl (C=O) groups is 1. The lowest BCUT2D eigenvalue weighted by molar-refractivity contribution is -0.119. The Kier molecular flexibility index (Phi) is 7.25. The second-order valence-corrected chi connectivity index (χ2v) is 7.57. The molecule has 7 heteroatoms. The van der Waals surface area contributed by atoms with Crippen LogP contribution in [-0.4, -0.2) is 42.1 Å². The maximum absolute atomic E-state index is 11.4. The number of thiocarbonyl (C=S) groups is 1. The molecular weight excluding hydrogens is 392 g/mol. The predicted molar refractivity (Wildman–Crippen MR) is 120 cm³/mol. The first-order valence-electron chi connectivity index (χ1n) is 9.46. The Bertz CT molecular complexity index is 819. The van der Waals surface area contributed by atoms with Gasteiger partial charge in [0.15, 0.2) is 5.11 Å². The van der Waals surface area contributed by atoms with E-state index in [0.29, 0.717) is 11.5 Å². The van der Waals surface area contributed by atoms with Crippen molar-refractivity contribution < 1.29 is 4.79 Å². The second kappa shape index (κ2) is 9.87. The zero-order valence-corrected chi connectivity index (χ0v) is 17.5. The van der Waals surface area contributed by atoms with Crippen molar-refractivity contribution in [2.24, 2.45) is 0 Å². The minimum absolute atomic E-state index is 0.0937. The molecular formula is C21H25ClN4OS. The first kappa shape index (κ1) is 20.6. The Morgan fingerprint density at radius 3 is 2.39 bits per heavy atom. The van der Waals surface area contributed by atoms with Gasteiger partial charge in [-0.25, -0.2) is 0 Å². The molecule has 0 unspecified atom stereocenters. The van der Waals surface area contributed by atoms with E-state index >= 15 is 0 Å². The zero-order valence-electron chi connectivity index (χ0n) is 16.0. The van der Waals surface area contributed by atoms with Crippen LogP contribution in [0.3, 0.4) is 0 Å². The summed E-state index contributed by atoms with van der Waals surface area (Å²) in [6, 6.07) is 16.2. The van der Waals surface area contributed by atoms with E-state index < -0.39 is 0 Å². The number of piperazine rings is 1. The van der Waals surface area contributed by atoms with E-state index in [9.17, 15) is 4.79 Å². The number of anilines is 2. The average Bonchev–Trinajstić information content (AvgIpc) is 2.71. The maximum atomic E-state index is 11.4. The molecule has 2 aromatic rings. The highest BCUT2D eigenvalue weighted by Crippen LogP contribution is 2.22. The van der Waals surface area contributed by atoms with E-state index in [-0.39, 0.29) is 5.91 Å². The number of halogens is 1. The number of rotatable bonds is 5. The Hall–Kier alpha value is -2.15. The maximum Gasteiger partial charge on any atom is 0.225 e. The number of nitrogens with zero attached hydrogens (tertiary/aromatic N) is 2. The highest BCUT2D eigenvalue weighted by molar-refractivity contribution is 7.80. The van der Waals surface area contributed by atoms with E-state index in [1.54, 1.807) is 6.92 Å². The molecule has 1 saturated heterocycles. The van der Waals surface area contributed by atoms with Crippen LogP contribution in [0.1, 0.15) is 18.9 Å². The lowest BCUT2D eigenvalue weighted by Crippen LogP contribution is -2.46. The summed E-state index contributed by atoms with van der Waals surface area (Å²) in [7, 11) is 0. The monoisotopic (exact) mass is 416 g/mol. The third kappa shape index (κ3) is 5.67. The lowest BCUT2D eigenvalue weighted by Gasteiger charge is -2.36. The molecule has 0 atom stereocenters. The summed E-state index contributed by atoms with van der Waals surface area (Å²) in [6.45, 7) is 6.62. The van der Waals surface area contributed by atoms with Gasteiger partial charge in [-0.05, 0) is 48.1 Å².